The number of likely N-dealkylation sites (N-methyl/N-ethyl adjacent to an activating group) is 1. The van der Waals surface area contributed by atoms with E-state index in [1.807, 2.05) is 0 Å². The molecule has 1 N–H and O–H groups in total. The first-order valence-corrected chi connectivity index (χ1v) is 8.20. The molecule has 2 nitrogen and oxygen atoms in total. The third kappa shape index (κ3) is 2.02. The van der Waals surface area contributed by atoms with Gasteiger partial charge in [0.15, 0.2) is 0 Å². The van der Waals surface area contributed by atoms with Crippen molar-refractivity contribution >= 4 is 0 Å². The number of hydrogen-bond donors (Lipinski definition) is 1. The van der Waals surface area contributed by atoms with Crippen molar-refractivity contribution in [2.45, 2.75) is 44.6 Å². The summed E-state index contributed by atoms with van der Waals surface area (Å²) in [5, 5.41) is 3.90. The molecule has 0 aromatic heterocycles. The molecule has 5 fully saturated rings. The Labute approximate surface area is 111 Å². The summed E-state index contributed by atoms with van der Waals surface area (Å²) in [7, 11) is 2.25. The van der Waals surface area contributed by atoms with Crippen LogP contribution in [0.3, 0.4) is 0 Å². The van der Waals surface area contributed by atoms with Gasteiger partial charge < -0.3 is 10.2 Å². The lowest BCUT2D eigenvalue weighted by Crippen LogP contribution is -2.49. The monoisotopic (exact) mass is 248 g/mol. The quantitative estimate of drug-likeness (QED) is 0.825. The lowest BCUT2D eigenvalue weighted by atomic mass is 9.52. The Morgan fingerprint density at radius 1 is 1.00 bits per heavy atom. The maximum atomic E-state index is 3.90. The molecule has 4 bridgehead atoms. The molecule has 5 aliphatic rings. The molecule has 1 saturated heterocycles. The summed E-state index contributed by atoms with van der Waals surface area (Å²) < 4.78 is 0. The van der Waals surface area contributed by atoms with Crippen LogP contribution in [0.4, 0.5) is 0 Å². The normalized spacial score (nSPS) is 51.2. The molecule has 2 heteroatoms. The highest BCUT2D eigenvalue weighted by Gasteiger charge is 2.47. The summed E-state index contributed by atoms with van der Waals surface area (Å²) in [5.41, 5.74) is 0. The summed E-state index contributed by atoms with van der Waals surface area (Å²) >= 11 is 0. The Morgan fingerprint density at radius 3 is 2.22 bits per heavy atom. The molecule has 18 heavy (non-hydrogen) atoms. The lowest BCUT2D eigenvalue weighted by Gasteiger charge is -2.54. The van der Waals surface area contributed by atoms with Crippen molar-refractivity contribution in [2.24, 2.45) is 29.6 Å². The highest BCUT2D eigenvalue weighted by Crippen LogP contribution is 2.56. The van der Waals surface area contributed by atoms with Crippen molar-refractivity contribution in [3.63, 3.8) is 0 Å². The molecule has 0 aromatic carbocycles. The van der Waals surface area contributed by atoms with E-state index in [1.165, 1.54) is 26.1 Å². The second kappa shape index (κ2) is 4.49. The van der Waals surface area contributed by atoms with Gasteiger partial charge in [0, 0.05) is 12.6 Å². The summed E-state index contributed by atoms with van der Waals surface area (Å²) in [6.07, 6.45) is 9.24. The molecule has 5 rings (SSSR count). The number of nitrogens with one attached hydrogen (secondary N) is 1. The first-order valence-electron chi connectivity index (χ1n) is 8.20. The summed E-state index contributed by atoms with van der Waals surface area (Å²) in [5.74, 6) is 5.46. The second-order valence-electron chi connectivity index (χ2n) is 7.75. The van der Waals surface area contributed by atoms with E-state index in [4.69, 9.17) is 0 Å². The number of likely N-dealkylation sites (tertiary alicyclic amines) is 1. The van der Waals surface area contributed by atoms with Gasteiger partial charge in [0.25, 0.3) is 0 Å². The van der Waals surface area contributed by atoms with E-state index >= 15 is 0 Å². The topological polar surface area (TPSA) is 15.3 Å². The standard InChI is InChI=1S/C16H28N2/c1-18-3-2-15(10-18)17-9-16-13-5-11-4-12(7-13)8-14(16)6-11/h11-17H,2-10H2,1H3. The van der Waals surface area contributed by atoms with Crippen molar-refractivity contribution in [3.8, 4) is 0 Å². The van der Waals surface area contributed by atoms with Crippen LogP contribution in [0.2, 0.25) is 0 Å². The minimum atomic E-state index is 0.784. The fourth-order valence-electron chi connectivity index (χ4n) is 5.78. The first-order chi connectivity index (χ1) is 8.78. The lowest BCUT2D eigenvalue weighted by molar-refractivity contribution is -0.0362. The summed E-state index contributed by atoms with van der Waals surface area (Å²) in [4.78, 5) is 2.47. The van der Waals surface area contributed by atoms with Gasteiger partial charge in [0.2, 0.25) is 0 Å². The highest BCUT2D eigenvalue weighted by molar-refractivity contribution is 4.99. The van der Waals surface area contributed by atoms with Crippen LogP contribution in [-0.4, -0.2) is 37.6 Å². The number of hydrogen-bond acceptors (Lipinski definition) is 2. The van der Waals surface area contributed by atoms with Crippen molar-refractivity contribution in [1.82, 2.24) is 10.2 Å². The third-order valence-corrected chi connectivity index (χ3v) is 6.46. The van der Waals surface area contributed by atoms with E-state index in [9.17, 15) is 0 Å². The highest BCUT2D eigenvalue weighted by atomic mass is 15.2. The zero-order valence-electron chi connectivity index (χ0n) is 11.8. The zero-order chi connectivity index (χ0) is 12.1. The Morgan fingerprint density at radius 2 is 1.67 bits per heavy atom. The van der Waals surface area contributed by atoms with Gasteiger partial charge in [-0.25, -0.2) is 0 Å². The Kier molecular flexibility index (Phi) is 2.92. The Bertz CT molecular complexity index is 286. The Balaban J connectivity index is 1.35. The smallest absolute Gasteiger partial charge is 0.0207 e. The molecule has 1 atom stereocenters. The molecular weight excluding hydrogens is 220 g/mol. The second-order valence-corrected chi connectivity index (χ2v) is 7.75. The average molecular weight is 248 g/mol. The largest absolute Gasteiger partial charge is 0.312 e. The van der Waals surface area contributed by atoms with Gasteiger partial charge in [-0.3, -0.25) is 0 Å². The molecule has 0 aromatic rings. The first kappa shape index (κ1) is 11.7. The zero-order valence-corrected chi connectivity index (χ0v) is 11.8. The fourth-order valence-corrected chi connectivity index (χ4v) is 5.78. The van der Waals surface area contributed by atoms with Gasteiger partial charge in [0.1, 0.15) is 0 Å². The van der Waals surface area contributed by atoms with Crippen LogP contribution in [0.25, 0.3) is 0 Å². The number of rotatable bonds is 3. The van der Waals surface area contributed by atoms with Crippen molar-refractivity contribution < 1.29 is 0 Å². The molecule has 1 aliphatic heterocycles. The SMILES string of the molecule is CN1CCC(NCC2C3CC4CC(C3)CC2C4)C1. The maximum absolute atomic E-state index is 3.90. The van der Waals surface area contributed by atoms with Crippen molar-refractivity contribution in [1.29, 1.82) is 0 Å². The van der Waals surface area contributed by atoms with E-state index < -0.39 is 0 Å². The van der Waals surface area contributed by atoms with Crippen LogP contribution in [0.1, 0.15) is 38.5 Å². The number of nitrogens with zero attached hydrogens (tertiary/aromatic N) is 1. The van der Waals surface area contributed by atoms with E-state index in [0.717, 1.165) is 35.6 Å². The van der Waals surface area contributed by atoms with Gasteiger partial charge >= 0.3 is 0 Å². The molecule has 1 heterocycles. The van der Waals surface area contributed by atoms with Crippen molar-refractivity contribution in [2.75, 3.05) is 26.7 Å². The molecule has 4 aliphatic carbocycles. The van der Waals surface area contributed by atoms with E-state index in [1.54, 1.807) is 32.1 Å². The Hall–Kier alpha value is -0.0800. The van der Waals surface area contributed by atoms with E-state index in [0.29, 0.717) is 0 Å². The van der Waals surface area contributed by atoms with E-state index in [2.05, 4.69) is 17.3 Å². The van der Waals surface area contributed by atoms with Crippen LogP contribution in [-0.2, 0) is 0 Å². The predicted octanol–water partition coefficient (Wildman–Crippen LogP) is 2.35. The fraction of sp³-hybridized carbons (Fsp3) is 1.00. The van der Waals surface area contributed by atoms with Gasteiger partial charge in [0.05, 0.1) is 0 Å². The van der Waals surface area contributed by atoms with Gasteiger partial charge in [-0.15, -0.1) is 0 Å². The van der Waals surface area contributed by atoms with Gasteiger partial charge in [-0.2, -0.15) is 0 Å². The minimum absolute atomic E-state index is 0.784. The molecule has 0 amide bonds. The maximum Gasteiger partial charge on any atom is 0.0207 e. The molecule has 4 saturated carbocycles. The summed E-state index contributed by atoms with van der Waals surface area (Å²) in [6.45, 7) is 3.89. The predicted molar refractivity (Wildman–Crippen MR) is 74.4 cm³/mol. The van der Waals surface area contributed by atoms with Gasteiger partial charge in [-0.05, 0) is 88.3 Å². The van der Waals surface area contributed by atoms with Crippen LogP contribution >= 0.6 is 0 Å². The minimum Gasteiger partial charge on any atom is -0.312 e. The summed E-state index contributed by atoms with van der Waals surface area (Å²) in [6, 6.07) is 0.784. The molecule has 102 valence electrons. The van der Waals surface area contributed by atoms with Crippen LogP contribution < -0.4 is 5.32 Å². The molecule has 0 spiro atoms. The van der Waals surface area contributed by atoms with Crippen LogP contribution in [0.5, 0.6) is 0 Å². The van der Waals surface area contributed by atoms with Crippen LogP contribution in [0.15, 0.2) is 0 Å². The molecule has 0 radical (unpaired) electrons. The van der Waals surface area contributed by atoms with Crippen LogP contribution in [0, 0.1) is 29.6 Å². The van der Waals surface area contributed by atoms with Crippen molar-refractivity contribution in [3.05, 3.63) is 0 Å². The van der Waals surface area contributed by atoms with E-state index in [-0.39, 0.29) is 0 Å². The third-order valence-electron chi connectivity index (χ3n) is 6.46. The molecule has 1 unspecified atom stereocenters. The average Bonchev–Trinajstić information content (AvgIpc) is 2.73. The molecular formula is C16H28N2. The van der Waals surface area contributed by atoms with Gasteiger partial charge in [-0.1, -0.05) is 0 Å².